The van der Waals surface area contributed by atoms with Gasteiger partial charge in [-0.3, -0.25) is 9.59 Å². The van der Waals surface area contributed by atoms with Crippen LogP contribution in [0.2, 0.25) is 0 Å². The number of hydrogen-bond acceptors (Lipinski definition) is 5. The van der Waals surface area contributed by atoms with E-state index in [0.29, 0.717) is 17.0 Å². The van der Waals surface area contributed by atoms with Gasteiger partial charge in [0.15, 0.2) is 0 Å². The van der Waals surface area contributed by atoms with Crippen molar-refractivity contribution in [2.45, 2.75) is 11.4 Å². The lowest BCUT2D eigenvalue weighted by molar-refractivity contribution is -0.129. The van der Waals surface area contributed by atoms with Crippen LogP contribution in [0.1, 0.15) is 11.3 Å². The maximum atomic E-state index is 12.4. The topological polar surface area (TPSA) is 109 Å². The molecule has 0 fully saturated rings. The molecule has 0 radical (unpaired) electrons. The van der Waals surface area contributed by atoms with Crippen LogP contribution >= 0.6 is 0 Å². The van der Waals surface area contributed by atoms with Gasteiger partial charge in [0.05, 0.1) is 24.2 Å². The number of rotatable bonds is 9. The van der Waals surface area contributed by atoms with Crippen molar-refractivity contribution in [3.8, 4) is 0 Å². The van der Waals surface area contributed by atoms with Crippen LogP contribution < -0.4 is 10.0 Å². The molecule has 2 aromatic carbocycles. The third kappa shape index (κ3) is 6.66. The summed E-state index contributed by atoms with van der Waals surface area (Å²) in [5, 5.41) is 2.72. The highest BCUT2D eigenvalue weighted by Crippen LogP contribution is 2.13. The molecule has 3 aromatic rings. The molecule has 0 aliphatic rings. The normalized spacial score (nSPS) is 11.4. The largest absolute Gasteiger partial charge is 0.468 e. The van der Waals surface area contributed by atoms with Crippen LogP contribution in [0.5, 0.6) is 0 Å². The Labute approximate surface area is 186 Å². The zero-order valence-electron chi connectivity index (χ0n) is 17.4. The second-order valence-electron chi connectivity index (χ2n) is 6.91. The Kier molecular flexibility index (Phi) is 7.58. The summed E-state index contributed by atoms with van der Waals surface area (Å²) in [6, 6.07) is 18.4. The van der Waals surface area contributed by atoms with Crippen molar-refractivity contribution in [2.24, 2.45) is 0 Å². The van der Waals surface area contributed by atoms with Crippen LogP contribution in [0.15, 0.2) is 88.4 Å². The Hall–Kier alpha value is -3.69. The van der Waals surface area contributed by atoms with E-state index in [2.05, 4.69) is 10.0 Å². The highest BCUT2D eigenvalue weighted by Gasteiger charge is 2.14. The number of hydrogen-bond donors (Lipinski definition) is 2. The van der Waals surface area contributed by atoms with E-state index in [1.54, 1.807) is 54.6 Å². The first-order chi connectivity index (χ1) is 15.3. The summed E-state index contributed by atoms with van der Waals surface area (Å²) in [6.07, 6.45) is 4.36. The van der Waals surface area contributed by atoms with Crippen LogP contribution in [0.4, 0.5) is 5.69 Å². The number of nitrogens with one attached hydrogen (secondary N) is 2. The fourth-order valence-electron chi connectivity index (χ4n) is 2.73. The molecule has 0 spiro atoms. The van der Waals surface area contributed by atoms with Gasteiger partial charge in [0.2, 0.25) is 21.8 Å². The molecular weight excluding hydrogens is 430 g/mol. The number of para-hydroxylation sites is 1. The number of furan rings is 1. The van der Waals surface area contributed by atoms with E-state index in [4.69, 9.17) is 4.42 Å². The molecule has 2 amide bonds. The second kappa shape index (κ2) is 10.6. The smallest absolute Gasteiger partial charge is 0.246 e. The average Bonchev–Trinajstić information content (AvgIpc) is 3.31. The van der Waals surface area contributed by atoms with Crippen molar-refractivity contribution in [1.82, 2.24) is 9.62 Å². The lowest BCUT2D eigenvalue weighted by Gasteiger charge is -2.14. The van der Waals surface area contributed by atoms with Crippen LogP contribution in [-0.4, -0.2) is 38.7 Å². The summed E-state index contributed by atoms with van der Waals surface area (Å²) < 4.78 is 32.3. The number of carbonyl (C=O) groups excluding carboxylic acids is 2. The molecule has 8 nitrogen and oxygen atoms in total. The van der Waals surface area contributed by atoms with E-state index in [9.17, 15) is 18.0 Å². The zero-order valence-corrected chi connectivity index (χ0v) is 18.2. The Balaban J connectivity index is 1.52. The molecule has 0 saturated heterocycles. The molecule has 2 N–H and O–H groups in total. The Morgan fingerprint density at radius 3 is 2.38 bits per heavy atom. The van der Waals surface area contributed by atoms with Crippen molar-refractivity contribution < 1.29 is 22.4 Å². The minimum Gasteiger partial charge on any atom is -0.468 e. The molecule has 32 heavy (non-hydrogen) atoms. The number of carbonyl (C=O) groups is 2. The third-order valence-corrected chi connectivity index (χ3v) is 5.86. The minimum absolute atomic E-state index is 0.0513. The van der Waals surface area contributed by atoms with Gasteiger partial charge in [-0.1, -0.05) is 30.3 Å². The first-order valence-corrected chi connectivity index (χ1v) is 11.2. The number of nitrogens with zero attached hydrogens (tertiary/aromatic N) is 1. The summed E-state index contributed by atoms with van der Waals surface area (Å²) in [5.74, 6) is -0.157. The lowest BCUT2D eigenvalue weighted by atomic mass is 10.2. The summed E-state index contributed by atoms with van der Waals surface area (Å²) in [7, 11) is -2.17. The second-order valence-corrected chi connectivity index (χ2v) is 8.68. The number of sulfonamides is 1. The van der Waals surface area contributed by atoms with E-state index >= 15 is 0 Å². The van der Waals surface area contributed by atoms with Gasteiger partial charge in [-0.05, 0) is 48.0 Å². The van der Waals surface area contributed by atoms with Crippen molar-refractivity contribution in [3.63, 3.8) is 0 Å². The third-order valence-electron chi connectivity index (χ3n) is 4.44. The number of anilines is 1. The number of likely N-dealkylation sites (N-methyl/N-ethyl adjacent to an activating group) is 1. The molecule has 0 bridgehead atoms. The predicted octanol–water partition coefficient (Wildman–Crippen LogP) is 2.87. The van der Waals surface area contributed by atoms with Gasteiger partial charge in [-0.15, -0.1) is 0 Å². The molecule has 0 unspecified atom stereocenters. The van der Waals surface area contributed by atoms with Gasteiger partial charge in [0.25, 0.3) is 0 Å². The molecular formula is C23H23N3O5S. The first-order valence-electron chi connectivity index (χ1n) is 9.74. The van der Waals surface area contributed by atoms with Gasteiger partial charge in [0, 0.05) is 18.8 Å². The number of benzene rings is 2. The quantitative estimate of drug-likeness (QED) is 0.484. The predicted molar refractivity (Wildman–Crippen MR) is 121 cm³/mol. The van der Waals surface area contributed by atoms with Crippen LogP contribution in [-0.2, 0) is 26.2 Å². The van der Waals surface area contributed by atoms with Gasteiger partial charge in [-0.2, -0.15) is 0 Å². The molecule has 9 heteroatoms. The van der Waals surface area contributed by atoms with E-state index in [1.165, 1.54) is 36.4 Å². The van der Waals surface area contributed by atoms with Gasteiger partial charge >= 0.3 is 0 Å². The molecule has 1 heterocycles. The Morgan fingerprint density at radius 1 is 1.00 bits per heavy atom. The van der Waals surface area contributed by atoms with Crippen LogP contribution in [0, 0.1) is 0 Å². The van der Waals surface area contributed by atoms with Crippen molar-refractivity contribution in [2.75, 3.05) is 18.9 Å². The van der Waals surface area contributed by atoms with Crippen molar-refractivity contribution in [3.05, 3.63) is 90.4 Å². The molecule has 0 saturated carbocycles. The van der Waals surface area contributed by atoms with E-state index in [0.717, 1.165) is 0 Å². The highest BCUT2D eigenvalue weighted by atomic mass is 32.2. The Morgan fingerprint density at radius 2 is 1.72 bits per heavy atom. The molecule has 0 aliphatic carbocycles. The maximum absolute atomic E-state index is 12.4. The monoisotopic (exact) mass is 453 g/mol. The van der Waals surface area contributed by atoms with E-state index in [1.807, 2.05) is 6.07 Å². The van der Waals surface area contributed by atoms with Crippen LogP contribution in [0.3, 0.4) is 0 Å². The maximum Gasteiger partial charge on any atom is 0.246 e. The summed E-state index contributed by atoms with van der Waals surface area (Å²) in [4.78, 5) is 25.7. The molecule has 166 valence electrons. The first kappa shape index (κ1) is 23.0. The zero-order chi connectivity index (χ0) is 23.0. The fourth-order valence-corrected chi connectivity index (χ4v) is 3.72. The van der Waals surface area contributed by atoms with Crippen molar-refractivity contribution >= 4 is 33.6 Å². The van der Waals surface area contributed by atoms with Gasteiger partial charge < -0.3 is 14.6 Å². The lowest BCUT2D eigenvalue weighted by Crippen LogP contribution is -2.33. The standard InChI is InChI=1S/C23H23N3O5S/c1-26(17-22(27)25-19-6-3-2-4-7-19)23(28)14-11-18-9-12-21(13-10-18)32(29,30)24-16-20-8-5-15-31-20/h2-15,24H,16-17H2,1H3,(H,25,27)/b14-11+. The van der Waals surface area contributed by atoms with Crippen LogP contribution in [0.25, 0.3) is 6.08 Å². The van der Waals surface area contributed by atoms with Gasteiger partial charge in [0.1, 0.15) is 5.76 Å². The molecule has 0 aliphatic heterocycles. The molecule has 1 aromatic heterocycles. The highest BCUT2D eigenvalue weighted by molar-refractivity contribution is 7.89. The van der Waals surface area contributed by atoms with E-state index in [-0.39, 0.29) is 29.8 Å². The fraction of sp³-hybridized carbons (Fsp3) is 0.130. The number of amides is 2. The molecule has 3 rings (SSSR count). The van der Waals surface area contributed by atoms with Crippen molar-refractivity contribution in [1.29, 1.82) is 0 Å². The summed E-state index contributed by atoms with van der Waals surface area (Å²) >= 11 is 0. The minimum atomic E-state index is -3.69. The average molecular weight is 454 g/mol. The summed E-state index contributed by atoms with van der Waals surface area (Å²) in [5.41, 5.74) is 1.30. The van der Waals surface area contributed by atoms with E-state index < -0.39 is 10.0 Å². The molecule has 0 atom stereocenters. The Bertz CT molecular complexity index is 1170. The van der Waals surface area contributed by atoms with Gasteiger partial charge in [-0.25, -0.2) is 13.1 Å². The SMILES string of the molecule is CN(CC(=O)Nc1ccccc1)C(=O)/C=C/c1ccc(S(=O)(=O)NCc2ccco2)cc1. The summed E-state index contributed by atoms with van der Waals surface area (Å²) in [6.45, 7) is -0.0493.